The minimum atomic E-state index is -1.68. The Labute approximate surface area is 131 Å². The summed E-state index contributed by atoms with van der Waals surface area (Å²) in [4.78, 5) is 25.0. The molecule has 1 fully saturated rings. The van der Waals surface area contributed by atoms with Crippen LogP contribution in [0.1, 0.15) is 0 Å². The standard InChI is InChI=1S/C14H20BNO5Si/c1-16-9-13(17)19-15(20-14(18)10-16)11-5-7-12(8-6-11)21-22(2,3)4/h5-8H,9-10H2,1-4H3. The van der Waals surface area contributed by atoms with Crippen LogP contribution in [-0.2, 0) is 18.9 Å². The maximum Gasteiger partial charge on any atom is 0.636 e. The van der Waals surface area contributed by atoms with E-state index in [1.54, 1.807) is 36.2 Å². The molecule has 0 saturated carbocycles. The van der Waals surface area contributed by atoms with Gasteiger partial charge >= 0.3 is 19.1 Å². The van der Waals surface area contributed by atoms with Crippen molar-refractivity contribution in [2.75, 3.05) is 20.1 Å². The van der Waals surface area contributed by atoms with Gasteiger partial charge in [-0.1, -0.05) is 12.1 Å². The Bertz CT molecular complexity index is 537. The lowest BCUT2D eigenvalue weighted by Crippen LogP contribution is -2.47. The minimum Gasteiger partial charge on any atom is -0.544 e. The fourth-order valence-electron chi connectivity index (χ4n) is 2.02. The molecule has 0 bridgehead atoms. The van der Waals surface area contributed by atoms with Crippen LogP contribution in [0, 0.1) is 0 Å². The van der Waals surface area contributed by atoms with Gasteiger partial charge in [0.2, 0.25) is 8.32 Å². The zero-order chi connectivity index (χ0) is 16.3. The van der Waals surface area contributed by atoms with Crippen LogP contribution in [0.3, 0.4) is 0 Å². The summed E-state index contributed by atoms with van der Waals surface area (Å²) in [6, 6.07) is 7.07. The highest BCUT2D eigenvalue weighted by Gasteiger charge is 2.33. The molecule has 1 aromatic rings. The Morgan fingerprint density at radius 1 is 1.05 bits per heavy atom. The third-order valence-electron chi connectivity index (χ3n) is 2.85. The minimum absolute atomic E-state index is 0.0580. The zero-order valence-corrected chi connectivity index (χ0v) is 14.3. The summed E-state index contributed by atoms with van der Waals surface area (Å²) < 4.78 is 16.3. The van der Waals surface area contributed by atoms with Gasteiger partial charge in [0.1, 0.15) is 5.75 Å². The first kappa shape index (κ1) is 16.6. The lowest BCUT2D eigenvalue weighted by molar-refractivity contribution is -0.145. The van der Waals surface area contributed by atoms with Gasteiger partial charge in [-0.2, -0.15) is 0 Å². The summed E-state index contributed by atoms with van der Waals surface area (Å²) in [5, 5.41) is 0. The number of hydrogen-bond donors (Lipinski definition) is 0. The van der Waals surface area contributed by atoms with Gasteiger partial charge in [-0.25, -0.2) is 0 Å². The Hall–Kier alpha value is -1.80. The Morgan fingerprint density at radius 2 is 1.55 bits per heavy atom. The summed E-state index contributed by atoms with van der Waals surface area (Å²) in [7, 11) is -1.02. The summed E-state index contributed by atoms with van der Waals surface area (Å²) in [5.41, 5.74) is 0.606. The van der Waals surface area contributed by atoms with Crippen molar-refractivity contribution < 1.29 is 23.3 Å². The molecule has 0 aliphatic carbocycles. The molecule has 0 atom stereocenters. The fraction of sp³-hybridized carbons (Fsp3) is 0.429. The molecule has 1 aliphatic heterocycles. The molecule has 8 heteroatoms. The van der Waals surface area contributed by atoms with E-state index in [1.165, 1.54) is 0 Å². The van der Waals surface area contributed by atoms with Gasteiger partial charge in [0, 0.05) is 5.46 Å². The smallest absolute Gasteiger partial charge is 0.544 e. The van der Waals surface area contributed by atoms with Crippen molar-refractivity contribution >= 4 is 32.8 Å². The van der Waals surface area contributed by atoms with E-state index in [-0.39, 0.29) is 13.1 Å². The summed E-state index contributed by atoms with van der Waals surface area (Å²) in [6.45, 7) is 6.39. The molecule has 1 aliphatic rings. The molecule has 2 rings (SSSR count). The van der Waals surface area contributed by atoms with Crippen molar-refractivity contribution in [3.05, 3.63) is 24.3 Å². The second-order valence-electron chi connectivity index (χ2n) is 6.27. The van der Waals surface area contributed by atoms with E-state index in [0.717, 1.165) is 5.75 Å². The second-order valence-corrected chi connectivity index (χ2v) is 10.7. The van der Waals surface area contributed by atoms with Crippen LogP contribution in [0.15, 0.2) is 24.3 Å². The van der Waals surface area contributed by atoms with Crippen molar-refractivity contribution in [1.82, 2.24) is 4.90 Å². The van der Waals surface area contributed by atoms with E-state index in [0.29, 0.717) is 5.46 Å². The Morgan fingerprint density at radius 3 is 2.00 bits per heavy atom. The Kier molecular flexibility index (Phi) is 4.92. The number of rotatable bonds is 3. The molecule has 22 heavy (non-hydrogen) atoms. The number of carbonyl (C=O) groups excluding carboxylic acids is 2. The summed E-state index contributed by atoms with van der Waals surface area (Å²) in [5.74, 6) is -0.101. The van der Waals surface area contributed by atoms with Crippen LogP contribution in [-0.4, -0.2) is 52.4 Å². The van der Waals surface area contributed by atoms with Crippen molar-refractivity contribution in [3.8, 4) is 5.75 Å². The average molecular weight is 321 g/mol. The number of benzene rings is 1. The normalized spacial score (nSPS) is 17.4. The molecule has 0 unspecified atom stereocenters. The van der Waals surface area contributed by atoms with Crippen molar-refractivity contribution in [2.45, 2.75) is 19.6 Å². The van der Waals surface area contributed by atoms with E-state index in [1.807, 2.05) is 0 Å². The molecule has 0 radical (unpaired) electrons. The number of nitrogens with zero attached hydrogens (tertiary/aromatic N) is 1. The molecular formula is C14H20BNO5Si. The highest BCUT2D eigenvalue weighted by molar-refractivity contribution is 6.70. The first-order valence-corrected chi connectivity index (χ1v) is 10.5. The molecule has 0 spiro atoms. The van der Waals surface area contributed by atoms with Gasteiger partial charge in [0.25, 0.3) is 0 Å². The largest absolute Gasteiger partial charge is 0.636 e. The quantitative estimate of drug-likeness (QED) is 0.761. The summed E-state index contributed by atoms with van der Waals surface area (Å²) in [6.07, 6.45) is 0. The highest BCUT2D eigenvalue weighted by atomic mass is 28.4. The maximum absolute atomic E-state index is 11.7. The molecule has 0 amide bonds. The van der Waals surface area contributed by atoms with Gasteiger partial charge in [-0.05, 0) is 38.8 Å². The third kappa shape index (κ3) is 4.89. The fourth-order valence-corrected chi connectivity index (χ4v) is 2.86. The molecule has 0 N–H and O–H groups in total. The van der Waals surface area contributed by atoms with Crippen LogP contribution in [0.5, 0.6) is 5.75 Å². The number of hydrogen-bond acceptors (Lipinski definition) is 6. The van der Waals surface area contributed by atoms with Crippen molar-refractivity contribution in [2.24, 2.45) is 0 Å². The van der Waals surface area contributed by atoms with Crippen LogP contribution >= 0.6 is 0 Å². The topological polar surface area (TPSA) is 65.1 Å². The van der Waals surface area contributed by atoms with Crippen molar-refractivity contribution in [1.29, 1.82) is 0 Å². The molecule has 0 aromatic heterocycles. The van der Waals surface area contributed by atoms with Crippen LogP contribution in [0.25, 0.3) is 0 Å². The van der Waals surface area contributed by atoms with Gasteiger partial charge in [0.05, 0.1) is 13.1 Å². The van der Waals surface area contributed by atoms with E-state index >= 15 is 0 Å². The first-order chi connectivity index (χ1) is 10.2. The summed E-state index contributed by atoms with van der Waals surface area (Å²) >= 11 is 0. The van der Waals surface area contributed by atoms with Gasteiger partial charge in [0.15, 0.2) is 0 Å². The van der Waals surface area contributed by atoms with Crippen LogP contribution in [0.2, 0.25) is 19.6 Å². The molecule has 6 nitrogen and oxygen atoms in total. The molecule has 1 heterocycles. The van der Waals surface area contributed by atoms with Gasteiger partial charge in [-0.3, -0.25) is 14.5 Å². The highest BCUT2D eigenvalue weighted by Crippen LogP contribution is 2.14. The first-order valence-electron chi connectivity index (χ1n) is 7.09. The molecule has 1 saturated heterocycles. The monoisotopic (exact) mass is 321 g/mol. The predicted octanol–water partition coefficient (Wildman–Crippen LogP) is 0.627. The van der Waals surface area contributed by atoms with Crippen LogP contribution in [0.4, 0.5) is 0 Å². The predicted molar refractivity (Wildman–Crippen MR) is 85.5 cm³/mol. The van der Waals surface area contributed by atoms with E-state index in [4.69, 9.17) is 13.7 Å². The number of carbonyl (C=O) groups is 2. The number of likely N-dealkylation sites (N-methyl/N-ethyl adjacent to an activating group) is 1. The Balaban J connectivity index is 2.12. The van der Waals surface area contributed by atoms with Crippen molar-refractivity contribution in [3.63, 3.8) is 0 Å². The zero-order valence-electron chi connectivity index (χ0n) is 13.3. The average Bonchev–Trinajstić information content (AvgIpc) is 2.34. The third-order valence-corrected chi connectivity index (χ3v) is 3.70. The van der Waals surface area contributed by atoms with E-state index < -0.39 is 27.4 Å². The lowest BCUT2D eigenvalue weighted by Gasteiger charge is -2.23. The van der Waals surface area contributed by atoms with Gasteiger partial charge < -0.3 is 13.7 Å². The van der Waals surface area contributed by atoms with E-state index in [2.05, 4.69) is 19.6 Å². The second kappa shape index (κ2) is 6.53. The SMILES string of the molecule is CN1CC(=O)OB(c2ccc(O[Si](C)(C)C)cc2)OC(=O)C1. The van der Waals surface area contributed by atoms with Gasteiger partial charge in [-0.15, -0.1) is 0 Å². The molecular weight excluding hydrogens is 301 g/mol. The van der Waals surface area contributed by atoms with Crippen LogP contribution < -0.4 is 9.89 Å². The molecule has 118 valence electrons. The van der Waals surface area contributed by atoms with E-state index in [9.17, 15) is 9.59 Å². The molecule has 1 aromatic carbocycles. The lowest BCUT2D eigenvalue weighted by atomic mass is 9.78. The maximum atomic E-state index is 11.7.